The normalized spacial score (nSPS) is 24.0. The third-order valence-corrected chi connectivity index (χ3v) is 5.05. The number of amides is 2. The van der Waals surface area contributed by atoms with E-state index in [0.29, 0.717) is 12.5 Å². The first kappa shape index (κ1) is 17.0. The Labute approximate surface area is 143 Å². The fourth-order valence-electron chi connectivity index (χ4n) is 3.57. The van der Waals surface area contributed by atoms with E-state index >= 15 is 0 Å². The molecule has 1 aromatic rings. The quantitative estimate of drug-likeness (QED) is 0.884. The Morgan fingerprint density at radius 1 is 1.21 bits per heavy atom. The molecule has 2 aliphatic heterocycles. The largest absolute Gasteiger partial charge is 0.354 e. The summed E-state index contributed by atoms with van der Waals surface area (Å²) >= 11 is 0. The van der Waals surface area contributed by atoms with E-state index in [2.05, 4.69) is 10.6 Å². The Hall–Kier alpha value is -1.88. The van der Waals surface area contributed by atoms with Crippen LogP contribution >= 0.6 is 0 Å². The number of hydrogen-bond acceptors (Lipinski definition) is 3. The lowest BCUT2D eigenvalue weighted by Gasteiger charge is -2.33. The van der Waals surface area contributed by atoms with E-state index in [1.165, 1.54) is 0 Å². The lowest BCUT2D eigenvalue weighted by Crippen LogP contribution is -2.46. The van der Waals surface area contributed by atoms with Gasteiger partial charge in [-0.25, -0.2) is 0 Å². The summed E-state index contributed by atoms with van der Waals surface area (Å²) < 4.78 is 0. The zero-order valence-corrected chi connectivity index (χ0v) is 14.4. The van der Waals surface area contributed by atoms with Crippen LogP contribution in [0.3, 0.4) is 0 Å². The predicted molar refractivity (Wildman–Crippen MR) is 93.8 cm³/mol. The van der Waals surface area contributed by atoms with Crippen molar-refractivity contribution in [2.75, 3.05) is 26.2 Å². The first-order chi connectivity index (χ1) is 11.6. The summed E-state index contributed by atoms with van der Waals surface area (Å²) in [7, 11) is 0. The first-order valence-electron chi connectivity index (χ1n) is 9.00. The second kappa shape index (κ2) is 7.79. The van der Waals surface area contributed by atoms with Crippen molar-refractivity contribution in [1.29, 1.82) is 0 Å². The molecule has 5 heteroatoms. The highest BCUT2D eigenvalue weighted by atomic mass is 16.2. The van der Waals surface area contributed by atoms with E-state index in [9.17, 15) is 9.59 Å². The van der Waals surface area contributed by atoms with Crippen molar-refractivity contribution in [2.24, 2.45) is 5.92 Å². The molecule has 0 radical (unpaired) electrons. The maximum Gasteiger partial charge on any atom is 0.253 e. The maximum atomic E-state index is 12.6. The number of nitrogens with one attached hydrogen (secondary N) is 2. The first-order valence-corrected chi connectivity index (χ1v) is 9.00. The number of carbonyl (C=O) groups is 2. The van der Waals surface area contributed by atoms with Crippen molar-refractivity contribution in [1.82, 2.24) is 15.5 Å². The van der Waals surface area contributed by atoms with Crippen molar-refractivity contribution in [3.8, 4) is 0 Å². The second-order valence-electron chi connectivity index (χ2n) is 7.02. The van der Waals surface area contributed by atoms with Crippen molar-refractivity contribution in [3.63, 3.8) is 0 Å². The monoisotopic (exact) mass is 329 g/mol. The van der Waals surface area contributed by atoms with Crippen LogP contribution in [-0.2, 0) is 4.79 Å². The lowest BCUT2D eigenvalue weighted by atomic mass is 9.97. The Morgan fingerprint density at radius 3 is 2.71 bits per heavy atom. The van der Waals surface area contributed by atoms with E-state index in [1.54, 1.807) is 0 Å². The van der Waals surface area contributed by atoms with E-state index in [0.717, 1.165) is 56.4 Å². The minimum Gasteiger partial charge on any atom is -0.354 e. The van der Waals surface area contributed by atoms with Crippen LogP contribution in [0.2, 0.25) is 0 Å². The lowest BCUT2D eigenvalue weighted by molar-refractivity contribution is -0.123. The summed E-state index contributed by atoms with van der Waals surface area (Å²) in [5, 5.41) is 6.28. The van der Waals surface area contributed by atoms with Gasteiger partial charge in [0.05, 0.1) is 6.04 Å². The molecule has 5 nitrogen and oxygen atoms in total. The average molecular weight is 329 g/mol. The minimum absolute atomic E-state index is 0.0288. The summed E-state index contributed by atoms with van der Waals surface area (Å²) in [6.45, 7) is 5.15. The zero-order valence-electron chi connectivity index (χ0n) is 14.4. The highest BCUT2D eigenvalue weighted by Gasteiger charge is 2.26. The molecule has 130 valence electrons. The Kier molecular flexibility index (Phi) is 5.51. The Bertz CT molecular complexity index is 579. The van der Waals surface area contributed by atoms with Crippen LogP contribution < -0.4 is 10.6 Å². The average Bonchev–Trinajstić information content (AvgIpc) is 3.15. The van der Waals surface area contributed by atoms with E-state index < -0.39 is 0 Å². The fourth-order valence-corrected chi connectivity index (χ4v) is 3.57. The van der Waals surface area contributed by atoms with E-state index in [4.69, 9.17) is 0 Å². The number of carbonyl (C=O) groups excluding carboxylic acids is 2. The fraction of sp³-hybridized carbons (Fsp3) is 0.579. The zero-order chi connectivity index (χ0) is 16.9. The molecule has 2 fully saturated rings. The van der Waals surface area contributed by atoms with Gasteiger partial charge in [0.2, 0.25) is 5.91 Å². The molecule has 2 unspecified atom stereocenters. The molecule has 0 bridgehead atoms. The number of nitrogens with zero attached hydrogens (tertiary/aromatic N) is 1. The minimum atomic E-state index is -0.0288. The van der Waals surface area contributed by atoms with Gasteiger partial charge in [-0.05, 0) is 57.2 Å². The molecule has 0 aliphatic carbocycles. The van der Waals surface area contributed by atoms with Gasteiger partial charge in [-0.3, -0.25) is 9.59 Å². The van der Waals surface area contributed by atoms with E-state index in [1.807, 2.05) is 36.1 Å². The molecule has 2 N–H and O–H groups in total. The van der Waals surface area contributed by atoms with Crippen LogP contribution in [0, 0.1) is 12.8 Å². The number of likely N-dealkylation sites (tertiary alicyclic amines) is 1. The van der Waals surface area contributed by atoms with Gasteiger partial charge in [0.15, 0.2) is 0 Å². The van der Waals surface area contributed by atoms with Gasteiger partial charge in [0.1, 0.15) is 0 Å². The molecule has 2 amide bonds. The van der Waals surface area contributed by atoms with Gasteiger partial charge in [0.25, 0.3) is 5.91 Å². The highest BCUT2D eigenvalue weighted by Crippen LogP contribution is 2.18. The molecule has 2 aliphatic rings. The molecular weight excluding hydrogens is 302 g/mol. The molecule has 2 heterocycles. The van der Waals surface area contributed by atoms with Gasteiger partial charge in [-0.15, -0.1) is 0 Å². The van der Waals surface area contributed by atoms with Crippen molar-refractivity contribution in [3.05, 3.63) is 35.4 Å². The van der Waals surface area contributed by atoms with Crippen LogP contribution in [0.5, 0.6) is 0 Å². The van der Waals surface area contributed by atoms with E-state index in [-0.39, 0.29) is 17.9 Å². The van der Waals surface area contributed by atoms with Crippen molar-refractivity contribution in [2.45, 2.75) is 38.6 Å². The van der Waals surface area contributed by atoms with Gasteiger partial charge >= 0.3 is 0 Å². The van der Waals surface area contributed by atoms with Gasteiger partial charge in [0, 0.05) is 25.2 Å². The summed E-state index contributed by atoms with van der Waals surface area (Å²) in [6.07, 6.45) is 4.06. The van der Waals surface area contributed by atoms with Crippen LogP contribution in [-0.4, -0.2) is 48.9 Å². The molecule has 2 atom stereocenters. The third-order valence-electron chi connectivity index (χ3n) is 5.05. The SMILES string of the molecule is Cc1ccc(C(=O)N2CCCC(CNC(=O)C3CCCN3)C2)cc1. The highest BCUT2D eigenvalue weighted by molar-refractivity contribution is 5.94. The molecule has 0 spiro atoms. The molecule has 3 rings (SSSR count). The van der Waals surface area contributed by atoms with Crippen LogP contribution in [0.1, 0.15) is 41.6 Å². The third kappa shape index (κ3) is 4.15. The molecule has 0 aromatic heterocycles. The summed E-state index contributed by atoms with van der Waals surface area (Å²) in [6, 6.07) is 7.72. The Morgan fingerprint density at radius 2 is 2.00 bits per heavy atom. The van der Waals surface area contributed by atoms with Gasteiger partial charge in [-0.1, -0.05) is 17.7 Å². The van der Waals surface area contributed by atoms with Gasteiger partial charge < -0.3 is 15.5 Å². The molecular formula is C19H27N3O2. The summed E-state index contributed by atoms with van der Waals surface area (Å²) in [4.78, 5) is 26.7. The predicted octanol–water partition coefficient (Wildman–Crippen LogP) is 1.72. The molecule has 2 saturated heterocycles. The molecule has 24 heavy (non-hydrogen) atoms. The van der Waals surface area contributed by atoms with Crippen LogP contribution in [0.25, 0.3) is 0 Å². The topological polar surface area (TPSA) is 61.4 Å². The standard InChI is InChI=1S/C19H27N3O2/c1-14-6-8-16(9-7-14)19(24)22-11-3-4-15(13-22)12-21-18(23)17-5-2-10-20-17/h6-9,15,17,20H,2-5,10-13H2,1H3,(H,21,23). The summed E-state index contributed by atoms with van der Waals surface area (Å²) in [5.74, 6) is 0.552. The number of aryl methyl sites for hydroxylation is 1. The Balaban J connectivity index is 1.51. The summed E-state index contributed by atoms with van der Waals surface area (Å²) in [5.41, 5.74) is 1.91. The molecule has 0 saturated carbocycles. The molecule has 1 aromatic carbocycles. The van der Waals surface area contributed by atoms with Crippen molar-refractivity contribution < 1.29 is 9.59 Å². The maximum absolute atomic E-state index is 12.6. The van der Waals surface area contributed by atoms with Crippen LogP contribution in [0.4, 0.5) is 0 Å². The van der Waals surface area contributed by atoms with Crippen molar-refractivity contribution >= 4 is 11.8 Å². The second-order valence-corrected chi connectivity index (χ2v) is 7.02. The smallest absolute Gasteiger partial charge is 0.253 e. The number of piperidine rings is 1. The number of benzene rings is 1. The van der Waals surface area contributed by atoms with Gasteiger partial charge in [-0.2, -0.15) is 0 Å². The number of hydrogen-bond donors (Lipinski definition) is 2. The van der Waals surface area contributed by atoms with Crippen LogP contribution in [0.15, 0.2) is 24.3 Å². The number of rotatable bonds is 4.